The van der Waals surface area contributed by atoms with Crippen LogP contribution in [0.2, 0.25) is 0 Å². The number of hydrogen-bond donors (Lipinski definition) is 3. The molecule has 0 aromatic heterocycles. The zero-order chi connectivity index (χ0) is 15.6. The first-order chi connectivity index (χ1) is 10.8. The largest absolute Gasteiger partial charge is 0.328 e. The Labute approximate surface area is 133 Å². The third kappa shape index (κ3) is 5.58. The van der Waals surface area contributed by atoms with E-state index in [0.29, 0.717) is 6.54 Å². The molecule has 22 heavy (non-hydrogen) atoms. The van der Waals surface area contributed by atoms with E-state index < -0.39 is 0 Å². The molecule has 0 fully saturated rings. The molecule has 2 aromatic rings. The summed E-state index contributed by atoms with van der Waals surface area (Å²) < 4.78 is 0. The topological polar surface area (TPSA) is 67.3 Å². The molecule has 0 saturated carbocycles. The van der Waals surface area contributed by atoms with Gasteiger partial charge in [0.15, 0.2) is 0 Å². The van der Waals surface area contributed by atoms with Crippen LogP contribution < -0.4 is 16.8 Å². The third-order valence-corrected chi connectivity index (χ3v) is 3.69. The molecule has 5 N–H and O–H groups in total. The van der Waals surface area contributed by atoms with Gasteiger partial charge < -0.3 is 16.8 Å². The molecule has 0 radical (unpaired) electrons. The second-order valence-electron chi connectivity index (χ2n) is 5.42. The number of rotatable bonds is 9. The first-order valence-electron chi connectivity index (χ1n) is 7.78. The average Bonchev–Trinajstić information content (AvgIpc) is 2.58. The van der Waals surface area contributed by atoms with Crippen molar-refractivity contribution in [3.8, 4) is 0 Å². The number of nitrogens with one attached hydrogen (secondary N) is 1. The van der Waals surface area contributed by atoms with Crippen molar-refractivity contribution < 1.29 is 0 Å². The van der Waals surface area contributed by atoms with Crippen molar-refractivity contribution in [3.05, 3.63) is 71.8 Å². The standard InChI is InChI=1S/C18H26N4/c19-13-18(20)22(15-17-9-5-2-6-10-17)12-11-21-14-16-7-3-1-4-8-16/h1-10,18,21H,11-15,19-20H2. The second kappa shape index (κ2) is 9.33. The molecular weight excluding hydrogens is 272 g/mol. The van der Waals surface area contributed by atoms with Crippen LogP contribution in [0.3, 0.4) is 0 Å². The van der Waals surface area contributed by atoms with Gasteiger partial charge in [-0.1, -0.05) is 60.7 Å². The molecule has 0 bridgehead atoms. The van der Waals surface area contributed by atoms with Crippen molar-refractivity contribution in [3.63, 3.8) is 0 Å². The number of benzene rings is 2. The Balaban J connectivity index is 1.80. The summed E-state index contributed by atoms with van der Waals surface area (Å²) in [5.41, 5.74) is 14.4. The highest BCUT2D eigenvalue weighted by Crippen LogP contribution is 2.05. The highest BCUT2D eigenvalue weighted by Gasteiger charge is 2.12. The smallest absolute Gasteiger partial charge is 0.0701 e. The molecule has 0 aliphatic heterocycles. The lowest BCUT2D eigenvalue weighted by molar-refractivity contribution is 0.195. The van der Waals surface area contributed by atoms with E-state index in [1.165, 1.54) is 11.1 Å². The quantitative estimate of drug-likeness (QED) is 0.485. The van der Waals surface area contributed by atoms with Crippen LogP contribution in [-0.4, -0.2) is 30.7 Å². The molecule has 0 heterocycles. The number of nitrogens with zero attached hydrogens (tertiary/aromatic N) is 1. The zero-order valence-electron chi connectivity index (χ0n) is 13.0. The Hall–Kier alpha value is -1.72. The molecule has 4 heteroatoms. The predicted octanol–water partition coefficient (Wildman–Crippen LogP) is 1.52. The molecular formula is C18H26N4. The molecule has 2 rings (SSSR count). The molecule has 2 aromatic carbocycles. The van der Waals surface area contributed by atoms with Crippen LogP contribution in [-0.2, 0) is 13.1 Å². The van der Waals surface area contributed by atoms with Gasteiger partial charge in [-0.3, -0.25) is 4.90 Å². The fourth-order valence-electron chi connectivity index (χ4n) is 2.38. The molecule has 0 aliphatic carbocycles. The van der Waals surface area contributed by atoms with Gasteiger partial charge in [-0.2, -0.15) is 0 Å². The number of nitrogens with two attached hydrogens (primary N) is 2. The Morgan fingerprint density at radius 3 is 2.09 bits per heavy atom. The van der Waals surface area contributed by atoms with E-state index in [4.69, 9.17) is 11.5 Å². The van der Waals surface area contributed by atoms with Crippen LogP contribution in [0.5, 0.6) is 0 Å². The van der Waals surface area contributed by atoms with Gasteiger partial charge >= 0.3 is 0 Å². The zero-order valence-corrected chi connectivity index (χ0v) is 13.0. The molecule has 0 spiro atoms. The summed E-state index contributed by atoms with van der Waals surface area (Å²) in [7, 11) is 0. The van der Waals surface area contributed by atoms with Gasteiger partial charge in [-0.05, 0) is 11.1 Å². The van der Waals surface area contributed by atoms with Crippen LogP contribution in [0.25, 0.3) is 0 Å². The Morgan fingerprint density at radius 1 is 0.909 bits per heavy atom. The predicted molar refractivity (Wildman–Crippen MR) is 92.0 cm³/mol. The van der Waals surface area contributed by atoms with Gasteiger partial charge in [0.1, 0.15) is 0 Å². The monoisotopic (exact) mass is 298 g/mol. The van der Waals surface area contributed by atoms with Gasteiger partial charge in [0.05, 0.1) is 6.17 Å². The van der Waals surface area contributed by atoms with Crippen LogP contribution >= 0.6 is 0 Å². The Kier molecular flexibility index (Phi) is 7.06. The summed E-state index contributed by atoms with van der Waals surface area (Å²) in [6.07, 6.45) is -0.112. The summed E-state index contributed by atoms with van der Waals surface area (Å²) >= 11 is 0. The molecule has 0 aliphatic rings. The van der Waals surface area contributed by atoms with Crippen LogP contribution in [0.15, 0.2) is 60.7 Å². The summed E-state index contributed by atoms with van der Waals surface area (Å²) in [4.78, 5) is 2.22. The number of hydrogen-bond acceptors (Lipinski definition) is 4. The highest BCUT2D eigenvalue weighted by molar-refractivity contribution is 5.15. The molecule has 1 unspecified atom stereocenters. The molecule has 0 saturated heterocycles. The highest BCUT2D eigenvalue weighted by atomic mass is 15.2. The lowest BCUT2D eigenvalue weighted by Gasteiger charge is -2.28. The van der Waals surface area contributed by atoms with Gasteiger partial charge in [-0.15, -0.1) is 0 Å². The summed E-state index contributed by atoms with van der Waals surface area (Å²) in [5.74, 6) is 0. The van der Waals surface area contributed by atoms with E-state index in [2.05, 4.69) is 58.7 Å². The van der Waals surface area contributed by atoms with Crippen molar-refractivity contribution in [2.45, 2.75) is 19.3 Å². The maximum Gasteiger partial charge on any atom is 0.0701 e. The lowest BCUT2D eigenvalue weighted by Crippen LogP contribution is -2.48. The minimum absolute atomic E-state index is 0.112. The molecule has 118 valence electrons. The van der Waals surface area contributed by atoms with Gasteiger partial charge in [0.25, 0.3) is 0 Å². The normalized spacial score (nSPS) is 12.5. The van der Waals surface area contributed by atoms with Crippen molar-refractivity contribution in [2.75, 3.05) is 19.6 Å². The van der Waals surface area contributed by atoms with Crippen molar-refractivity contribution in [2.24, 2.45) is 11.5 Å². The van der Waals surface area contributed by atoms with Gasteiger partial charge in [-0.25, -0.2) is 0 Å². The van der Waals surface area contributed by atoms with Gasteiger partial charge in [0, 0.05) is 32.7 Å². The van der Waals surface area contributed by atoms with Gasteiger partial charge in [0.2, 0.25) is 0 Å². The summed E-state index contributed by atoms with van der Waals surface area (Å²) in [6.45, 7) is 3.92. The summed E-state index contributed by atoms with van der Waals surface area (Å²) in [5, 5.41) is 3.46. The van der Waals surface area contributed by atoms with E-state index in [1.807, 2.05) is 12.1 Å². The molecule has 1 atom stereocenters. The Morgan fingerprint density at radius 2 is 1.50 bits per heavy atom. The van der Waals surface area contributed by atoms with Crippen LogP contribution in [0.4, 0.5) is 0 Å². The lowest BCUT2D eigenvalue weighted by atomic mass is 10.2. The average molecular weight is 298 g/mol. The van der Waals surface area contributed by atoms with E-state index in [9.17, 15) is 0 Å². The van der Waals surface area contributed by atoms with E-state index in [-0.39, 0.29) is 6.17 Å². The fraction of sp³-hybridized carbons (Fsp3) is 0.333. The third-order valence-electron chi connectivity index (χ3n) is 3.69. The fourth-order valence-corrected chi connectivity index (χ4v) is 2.38. The van der Waals surface area contributed by atoms with Crippen LogP contribution in [0.1, 0.15) is 11.1 Å². The van der Waals surface area contributed by atoms with Crippen molar-refractivity contribution >= 4 is 0 Å². The Bertz CT molecular complexity index is 515. The van der Waals surface area contributed by atoms with E-state index in [0.717, 1.165) is 26.2 Å². The first-order valence-corrected chi connectivity index (χ1v) is 7.78. The molecule has 4 nitrogen and oxygen atoms in total. The maximum atomic E-state index is 6.13. The van der Waals surface area contributed by atoms with E-state index in [1.54, 1.807) is 0 Å². The molecule has 0 amide bonds. The SMILES string of the molecule is NCC(N)N(CCNCc1ccccc1)Cc1ccccc1. The minimum Gasteiger partial charge on any atom is -0.328 e. The van der Waals surface area contributed by atoms with Crippen molar-refractivity contribution in [1.82, 2.24) is 10.2 Å². The minimum atomic E-state index is -0.112. The second-order valence-corrected chi connectivity index (χ2v) is 5.42. The van der Waals surface area contributed by atoms with Crippen molar-refractivity contribution in [1.29, 1.82) is 0 Å². The van der Waals surface area contributed by atoms with E-state index >= 15 is 0 Å². The summed E-state index contributed by atoms with van der Waals surface area (Å²) in [6, 6.07) is 20.8. The maximum absolute atomic E-state index is 6.13. The van der Waals surface area contributed by atoms with Crippen LogP contribution in [0, 0.1) is 0 Å². The first kappa shape index (κ1) is 16.6.